The first kappa shape index (κ1) is 16.2. The Kier molecular flexibility index (Phi) is 5.25. The monoisotopic (exact) mass is 326 g/mol. The molecule has 1 fully saturated rings. The summed E-state index contributed by atoms with van der Waals surface area (Å²) in [5.41, 5.74) is 0.737. The molecule has 3 rings (SSSR count). The van der Waals surface area contributed by atoms with Crippen molar-refractivity contribution in [1.29, 1.82) is 0 Å². The number of benzene rings is 1. The Morgan fingerprint density at radius 2 is 2.08 bits per heavy atom. The van der Waals surface area contributed by atoms with Crippen LogP contribution in [0.15, 0.2) is 42.9 Å². The number of piperidine rings is 1. The van der Waals surface area contributed by atoms with E-state index in [0.29, 0.717) is 12.4 Å². The maximum absolute atomic E-state index is 12.6. The average molecular weight is 326 g/mol. The molecule has 0 saturated carbocycles. The van der Waals surface area contributed by atoms with Gasteiger partial charge in [-0.1, -0.05) is 12.1 Å². The SMILES string of the molecule is CCOc1ccccc1NC(=O)C1CCN(c2cnccn2)CC1. The molecule has 0 atom stereocenters. The Bertz CT molecular complexity index is 670. The molecule has 1 amide bonds. The van der Waals surface area contributed by atoms with Gasteiger partial charge in [-0.3, -0.25) is 9.78 Å². The van der Waals surface area contributed by atoms with Crippen LogP contribution in [0.4, 0.5) is 11.5 Å². The van der Waals surface area contributed by atoms with Crippen LogP contribution in [0.5, 0.6) is 5.75 Å². The zero-order valence-corrected chi connectivity index (χ0v) is 13.8. The standard InChI is InChI=1S/C18H22N4O2/c1-2-24-16-6-4-3-5-15(16)21-18(23)14-7-11-22(12-8-14)17-13-19-9-10-20-17/h3-6,9-10,13-14H,2,7-8,11-12H2,1H3,(H,21,23). The molecule has 2 heterocycles. The second-order valence-electron chi connectivity index (χ2n) is 5.74. The number of hydrogen-bond donors (Lipinski definition) is 1. The van der Waals surface area contributed by atoms with Gasteiger partial charge in [0.2, 0.25) is 5.91 Å². The van der Waals surface area contributed by atoms with Crippen LogP contribution in [-0.4, -0.2) is 35.6 Å². The van der Waals surface area contributed by atoms with Crippen LogP contribution in [0, 0.1) is 5.92 Å². The third-order valence-corrected chi connectivity index (χ3v) is 4.18. The number of amides is 1. The van der Waals surface area contributed by atoms with Crippen LogP contribution < -0.4 is 15.0 Å². The fourth-order valence-corrected chi connectivity index (χ4v) is 2.91. The van der Waals surface area contributed by atoms with Crippen LogP contribution in [0.3, 0.4) is 0 Å². The number of hydrogen-bond acceptors (Lipinski definition) is 5. The maximum Gasteiger partial charge on any atom is 0.227 e. The van der Waals surface area contributed by atoms with Crippen molar-refractivity contribution in [2.75, 3.05) is 29.9 Å². The molecule has 24 heavy (non-hydrogen) atoms. The molecule has 1 aromatic heterocycles. The molecule has 1 aromatic carbocycles. The summed E-state index contributed by atoms with van der Waals surface area (Å²) in [6.07, 6.45) is 6.73. The smallest absolute Gasteiger partial charge is 0.227 e. The van der Waals surface area contributed by atoms with E-state index < -0.39 is 0 Å². The van der Waals surface area contributed by atoms with Gasteiger partial charge in [-0.25, -0.2) is 4.98 Å². The van der Waals surface area contributed by atoms with Gasteiger partial charge in [0.25, 0.3) is 0 Å². The topological polar surface area (TPSA) is 67.3 Å². The number of anilines is 2. The highest BCUT2D eigenvalue weighted by molar-refractivity contribution is 5.94. The van der Waals surface area contributed by atoms with Crippen LogP contribution in [0.1, 0.15) is 19.8 Å². The first-order chi connectivity index (χ1) is 11.8. The summed E-state index contributed by atoms with van der Waals surface area (Å²) in [4.78, 5) is 23.1. The van der Waals surface area contributed by atoms with E-state index in [1.165, 1.54) is 0 Å². The summed E-state index contributed by atoms with van der Waals surface area (Å²) in [6, 6.07) is 7.54. The zero-order valence-electron chi connectivity index (χ0n) is 13.8. The maximum atomic E-state index is 12.6. The van der Waals surface area contributed by atoms with E-state index in [1.807, 2.05) is 31.2 Å². The number of carbonyl (C=O) groups is 1. The Balaban J connectivity index is 1.58. The van der Waals surface area contributed by atoms with Crippen LogP contribution in [-0.2, 0) is 4.79 Å². The number of nitrogens with one attached hydrogen (secondary N) is 1. The Labute approximate surface area is 141 Å². The lowest BCUT2D eigenvalue weighted by atomic mass is 9.96. The van der Waals surface area contributed by atoms with Crippen molar-refractivity contribution in [3.8, 4) is 5.75 Å². The largest absolute Gasteiger partial charge is 0.492 e. The summed E-state index contributed by atoms with van der Waals surface area (Å²) >= 11 is 0. The van der Waals surface area contributed by atoms with Crippen molar-refractivity contribution in [3.05, 3.63) is 42.9 Å². The van der Waals surface area contributed by atoms with Gasteiger partial charge < -0.3 is 15.0 Å². The molecule has 0 spiro atoms. The summed E-state index contributed by atoms with van der Waals surface area (Å²) < 4.78 is 5.56. The minimum absolute atomic E-state index is 0.00704. The van der Waals surface area contributed by atoms with Gasteiger partial charge >= 0.3 is 0 Å². The molecular formula is C18H22N4O2. The molecule has 1 saturated heterocycles. The van der Waals surface area contributed by atoms with Gasteiger partial charge in [0, 0.05) is 31.4 Å². The number of rotatable bonds is 5. The highest BCUT2D eigenvalue weighted by Gasteiger charge is 2.26. The van der Waals surface area contributed by atoms with Gasteiger partial charge in [0.05, 0.1) is 18.5 Å². The first-order valence-electron chi connectivity index (χ1n) is 8.31. The Morgan fingerprint density at radius 1 is 1.29 bits per heavy atom. The van der Waals surface area contributed by atoms with Gasteiger partial charge in [0.15, 0.2) is 0 Å². The summed E-state index contributed by atoms with van der Waals surface area (Å²) in [5.74, 6) is 1.65. The lowest BCUT2D eigenvalue weighted by Gasteiger charge is -2.31. The molecule has 0 unspecified atom stereocenters. The minimum Gasteiger partial charge on any atom is -0.492 e. The summed E-state index contributed by atoms with van der Waals surface area (Å²) in [5, 5.41) is 3.01. The molecule has 1 N–H and O–H groups in total. The van der Waals surface area contributed by atoms with E-state index in [0.717, 1.165) is 37.4 Å². The normalized spacial score (nSPS) is 15.1. The highest BCUT2D eigenvalue weighted by Crippen LogP contribution is 2.27. The second kappa shape index (κ2) is 7.77. The number of aromatic nitrogens is 2. The number of carbonyl (C=O) groups excluding carboxylic acids is 1. The zero-order chi connectivity index (χ0) is 16.8. The van der Waals surface area contributed by atoms with E-state index >= 15 is 0 Å². The number of para-hydroxylation sites is 2. The van der Waals surface area contributed by atoms with Crippen LogP contribution >= 0.6 is 0 Å². The van der Waals surface area contributed by atoms with Gasteiger partial charge in [-0.15, -0.1) is 0 Å². The Morgan fingerprint density at radius 3 is 2.79 bits per heavy atom. The van der Waals surface area contributed by atoms with E-state index in [2.05, 4.69) is 20.2 Å². The summed E-state index contributed by atoms with van der Waals surface area (Å²) in [6.45, 7) is 4.12. The van der Waals surface area contributed by atoms with Crippen molar-refractivity contribution in [3.63, 3.8) is 0 Å². The van der Waals surface area contributed by atoms with E-state index in [1.54, 1.807) is 18.6 Å². The second-order valence-corrected chi connectivity index (χ2v) is 5.74. The molecular weight excluding hydrogens is 304 g/mol. The molecule has 0 radical (unpaired) electrons. The van der Waals surface area contributed by atoms with Gasteiger partial charge in [-0.05, 0) is 31.9 Å². The molecule has 0 bridgehead atoms. The molecule has 1 aliphatic heterocycles. The average Bonchev–Trinajstić information content (AvgIpc) is 2.64. The van der Waals surface area contributed by atoms with E-state index in [9.17, 15) is 4.79 Å². The van der Waals surface area contributed by atoms with Crippen molar-refractivity contribution in [1.82, 2.24) is 9.97 Å². The molecule has 0 aliphatic carbocycles. The molecule has 6 heteroatoms. The predicted molar refractivity (Wildman–Crippen MR) is 93.2 cm³/mol. The van der Waals surface area contributed by atoms with Crippen molar-refractivity contribution >= 4 is 17.4 Å². The highest BCUT2D eigenvalue weighted by atomic mass is 16.5. The first-order valence-corrected chi connectivity index (χ1v) is 8.31. The van der Waals surface area contributed by atoms with Crippen molar-refractivity contribution in [2.45, 2.75) is 19.8 Å². The number of ether oxygens (including phenoxy) is 1. The molecule has 1 aliphatic rings. The fraction of sp³-hybridized carbons (Fsp3) is 0.389. The molecule has 2 aromatic rings. The fourth-order valence-electron chi connectivity index (χ4n) is 2.91. The lowest BCUT2D eigenvalue weighted by Crippen LogP contribution is -2.38. The third kappa shape index (κ3) is 3.82. The number of nitrogens with zero attached hydrogens (tertiary/aromatic N) is 3. The molecule has 126 valence electrons. The molecule has 6 nitrogen and oxygen atoms in total. The Hall–Kier alpha value is -2.63. The van der Waals surface area contributed by atoms with Crippen molar-refractivity contribution in [2.24, 2.45) is 5.92 Å². The lowest BCUT2D eigenvalue weighted by molar-refractivity contribution is -0.120. The third-order valence-electron chi connectivity index (χ3n) is 4.18. The van der Waals surface area contributed by atoms with Crippen LogP contribution in [0.2, 0.25) is 0 Å². The van der Waals surface area contributed by atoms with Crippen molar-refractivity contribution < 1.29 is 9.53 Å². The van der Waals surface area contributed by atoms with E-state index in [-0.39, 0.29) is 11.8 Å². The van der Waals surface area contributed by atoms with Gasteiger partial charge in [0.1, 0.15) is 11.6 Å². The van der Waals surface area contributed by atoms with Gasteiger partial charge in [-0.2, -0.15) is 0 Å². The quantitative estimate of drug-likeness (QED) is 0.915. The predicted octanol–water partition coefficient (Wildman–Crippen LogP) is 2.73. The van der Waals surface area contributed by atoms with Crippen LogP contribution in [0.25, 0.3) is 0 Å². The van der Waals surface area contributed by atoms with E-state index in [4.69, 9.17) is 4.74 Å². The minimum atomic E-state index is 0.00704. The summed E-state index contributed by atoms with van der Waals surface area (Å²) in [7, 11) is 0.